The largest absolute Gasteiger partial charge is 0.357 e. The quantitative estimate of drug-likeness (QED) is 0.807. The number of aryl methyl sites for hydroxylation is 1. The van der Waals surface area contributed by atoms with E-state index in [0.29, 0.717) is 11.1 Å². The van der Waals surface area contributed by atoms with Crippen molar-refractivity contribution in [3.63, 3.8) is 0 Å². The zero-order valence-electron chi connectivity index (χ0n) is 14.2. The van der Waals surface area contributed by atoms with E-state index in [9.17, 15) is 4.79 Å². The van der Waals surface area contributed by atoms with Gasteiger partial charge in [0.2, 0.25) is 0 Å². The number of H-pyrrole nitrogens is 1. The van der Waals surface area contributed by atoms with Gasteiger partial charge >= 0.3 is 0 Å². The Kier molecular flexibility index (Phi) is 6.54. The van der Waals surface area contributed by atoms with Gasteiger partial charge in [-0.05, 0) is 44.2 Å². The third kappa shape index (κ3) is 4.03. The molecule has 2 aliphatic heterocycles. The lowest BCUT2D eigenvalue weighted by molar-refractivity contribution is 0.0602. The summed E-state index contributed by atoms with van der Waals surface area (Å²) in [5, 5.41) is 6.54. The van der Waals surface area contributed by atoms with Crippen LogP contribution in [0.1, 0.15) is 34.8 Å². The number of halogens is 2. The van der Waals surface area contributed by atoms with Crippen LogP contribution in [0.2, 0.25) is 0 Å². The molecule has 0 aliphatic carbocycles. The number of aromatic nitrogens is 2. The number of carbonyl (C=O) groups excluding carboxylic acids is 1. The molecule has 1 amide bonds. The SMILES string of the molecule is Cc1nc(-c2c[nH]c(C(=O)N3CCC4(CCNC4)CC3)c2)cs1.Cl.Cl. The summed E-state index contributed by atoms with van der Waals surface area (Å²) in [7, 11) is 0. The number of carbonyl (C=O) groups is 1. The Balaban J connectivity index is 0.00000113. The molecule has 5 nitrogen and oxygen atoms in total. The van der Waals surface area contributed by atoms with E-state index in [0.717, 1.165) is 55.3 Å². The van der Waals surface area contributed by atoms with Crippen LogP contribution >= 0.6 is 36.2 Å². The Hall–Kier alpha value is -1.08. The van der Waals surface area contributed by atoms with Crippen LogP contribution in [-0.2, 0) is 0 Å². The highest BCUT2D eigenvalue weighted by Gasteiger charge is 2.38. The molecule has 2 saturated heterocycles. The maximum Gasteiger partial charge on any atom is 0.270 e. The van der Waals surface area contributed by atoms with Crippen LogP contribution in [0.4, 0.5) is 0 Å². The van der Waals surface area contributed by atoms with Gasteiger partial charge in [-0.2, -0.15) is 0 Å². The summed E-state index contributed by atoms with van der Waals surface area (Å²) >= 11 is 1.63. The fourth-order valence-corrected chi connectivity index (χ4v) is 4.36. The molecule has 0 saturated carbocycles. The first-order valence-corrected chi connectivity index (χ1v) is 9.14. The molecule has 2 aromatic rings. The molecule has 0 unspecified atom stereocenters. The first-order valence-electron chi connectivity index (χ1n) is 8.26. The number of rotatable bonds is 2. The Morgan fingerprint density at radius 2 is 2.04 bits per heavy atom. The zero-order valence-corrected chi connectivity index (χ0v) is 16.7. The number of hydrogen-bond acceptors (Lipinski definition) is 4. The summed E-state index contributed by atoms with van der Waals surface area (Å²) in [6, 6.07) is 1.93. The summed E-state index contributed by atoms with van der Waals surface area (Å²) in [5.41, 5.74) is 3.05. The zero-order chi connectivity index (χ0) is 15.9. The molecule has 25 heavy (non-hydrogen) atoms. The van der Waals surface area contributed by atoms with Crippen molar-refractivity contribution in [2.75, 3.05) is 26.2 Å². The molecular formula is C17H24Cl2N4OS. The van der Waals surface area contributed by atoms with E-state index in [1.54, 1.807) is 11.3 Å². The third-order valence-corrected chi connectivity index (χ3v) is 6.05. The molecular weight excluding hydrogens is 379 g/mol. The topological polar surface area (TPSA) is 61.0 Å². The van der Waals surface area contributed by atoms with Gasteiger partial charge in [0.15, 0.2) is 0 Å². The fourth-order valence-electron chi connectivity index (χ4n) is 3.74. The van der Waals surface area contributed by atoms with E-state index in [2.05, 4.69) is 15.3 Å². The van der Waals surface area contributed by atoms with E-state index >= 15 is 0 Å². The Bertz CT molecular complexity index is 714. The molecule has 0 radical (unpaired) electrons. The van der Waals surface area contributed by atoms with Crippen molar-refractivity contribution < 1.29 is 4.79 Å². The summed E-state index contributed by atoms with van der Waals surface area (Å²) in [5.74, 6) is 0.115. The van der Waals surface area contributed by atoms with E-state index in [1.165, 1.54) is 6.42 Å². The Morgan fingerprint density at radius 3 is 2.64 bits per heavy atom. The second-order valence-corrected chi connectivity index (χ2v) is 7.83. The number of piperidine rings is 1. The highest BCUT2D eigenvalue weighted by atomic mass is 35.5. The number of thiazole rings is 1. The van der Waals surface area contributed by atoms with Gasteiger partial charge in [-0.25, -0.2) is 4.98 Å². The minimum atomic E-state index is 0. The van der Waals surface area contributed by atoms with Crippen molar-refractivity contribution in [3.8, 4) is 11.3 Å². The second-order valence-electron chi connectivity index (χ2n) is 6.77. The smallest absolute Gasteiger partial charge is 0.270 e. The van der Waals surface area contributed by atoms with Crippen LogP contribution in [0.5, 0.6) is 0 Å². The maximum atomic E-state index is 12.7. The third-order valence-electron chi connectivity index (χ3n) is 5.27. The summed E-state index contributed by atoms with van der Waals surface area (Å²) in [4.78, 5) is 22.3. The van der Waals surface area contributed by atoms with Crippen molar-refractivity contribution >= 4 is 42.1 Å². The predicted octanol–water partition coefficient (Wildman–Crippen LogP) is 3.51. The van der Waals surface area contributed by atoms with Gasteiger partial charge in [0.1, 0.15) is 5.69 Å². The summed E-state index contributed by atoms with van der Waals surface area (Å²) in [6.45, 7) is 5.97. The number of nitrogens with zero attached hydrogens (tertiary/aromatic N) is 2. The van der Waals surface area contributed by atoms with Gasteiger partial charge in [0.25, 0.3) is 5.91 Å². The minimum absolute atomic E-state index is 0. The lowest BCUT2D eigenvalue weighted by atomic mass is 9.78. The molecule has 1 spiro atoms. The molecule has 0 bridgehead atoms. The highest BCUT2D eigenvalue weighted by Crippen LogP contribution is 2.37. The number of hydrogen-bond donors (Lipinski definition) is 2. The number of nitrogens with one attached hydrogen (secondary N) is 2. The number of amides is 1. The van der Waals surface area contributed by atoms with Gasteiger partial charge in [-0.3, -0.25) is 4.79 Å². The van der Waals surface area contributed by atoms with Crippen LogP contribution in [-0.4, -0.2) is 47.0 Å². The molecule has 2 N–H and O–H groups in total. The van der Waals surface area contributed by atoms with Crippen molar-refractivity contribution in [3.05, 3.63) is 28.3 Å². The van der Waals surface area contributed by atoms with Crippen LogP contribution < -0.4 is 5.32 Å². The molecule has 4 rings (SSSR count). The molecule has 0 atom stereocenters. The molecule has 4 heterocycles. The average molecular weight is 403 g/mol. The second kappa shape index (κ2) is 8.08. The molecule has 0 aromatic carbocycles. The molecule has 2 fully saturated rings. The van der Waals surface area contributed by atoms with E-state index < -0.39 is 0 Å². The standard InChI is InChI=1S/C17H22N4OS.2ClH/c1-12-20-15(10-23-12)13-8-14(19-9-13)16(22)21-6-3-17(4-7-21)2-5-18-11-17;;/h8-10,18-19H,2-7,11H2,1H3;2*1H. The fraction of sp³-hybridized carbons (Fsp3) is 0.529. The molecule has 8 heteroatoms. The van der Waals surface area contributed by atoms with Crippen LogP contribution in [0.15, 0.2) is 17.6 Å². The normalized spacial score (nSPS) is 18.7. The van der Waals surface area contributed by atoms with Crippen molar-refractivity contribution in [2.45, 2.75) is 26.2 Å². The number of likely N-dealkylation sites (tertiary alicyclic amines) is 1. The molecule has 2 aliphatic rings. The Labute approximate surface area is 164 Å². The van der Waals surface area contributed by atoms with Crippen molar-refractivity contribution in [2.24, 2.45) is 5.41 Å². The lowest BCUT2D eigenvalue weighted by Gasteiger charge is -2.38. The maximum absolute atomic E-state index is 12.7. The minimum Gasteiger partial charge on any atom is -0.357 e. The highest BCUT2D eigenvalue weighted by molar-refractivity contribution is 7.09. The van der Waals surface area contributed by atoms with Crippen LogP contribution in [0.3, 0.4) is 0 Å². The summed E-state index contributed by atoms with van der Waals surface area (Å²) in [6.07, 6.45) is 5.37. The average Bonchev–Trinajstić information content (AvgIpc) is 3.28. The predicted molar refractivity (Wildman–Crippen MR) is 106 cm³/mol. The summed E-state index contributed by atoms with van der Waals surface area (Å²) < 4.78 is 0. The Morgan fingerprint density at radius 1 is 1.28 bits per heavy atom. The van der Waals surface area contributed by atoms with Crippen molar-refractivity contribution in [1.82, 2.24) is 20.2 Å². The number of aromatic amines is 1. The van der Waals surface area contributed by atoms with E-state index in [1.807, 2.05) is 29.5 Å². The molecule has 2 aromatic heterocycles. The van der Waals surface area contributed by atoms with Crippen LogP contribution in [0, 0.1) is 12.3 Å². The van der Waals surface area contributed by atoms with Gasteiger partial charge in [-0.15, -0.1) is 36.2 Å². The van der Waals surface area contributed by atoms with Gasteiger partial charge < -0.3 is 15.2 Å². The molecule has 138 valence electrons. The van der Waals surface area contributed by atoms with Gasteiger partial charge in [0.05, 0.1) is 10.7 Å². The van der Waals surface area contributed by atoms with Crippen molar-refractivity contribution in [1.29, 1.82) is 0 Å². The van der Waals surface area contributed by atoms with Gasteiger partial charge in [0, 0.05) is 36.8 Å². The van der Waals surface area contributed by atoms with Gasteiger partial charge in [-0.1, -0.05) is 0 Å². The van der Waals surface area contributed by atoms with Crippen LogP contribution in [0.25, 0.3) is 11.3 Å². The first kappa shape index (κ1) is 20.2. The lowest BCUT2D eigenvalue weighted by Crippen LogP contribution is -2.44. The van der Waals surface area contributed by atoms with E-state index in [4.69, 9.17) is 0 Å². The monoisotopic (exact) mass is 402 g/mol. The van der Waals surface area contributed by atoms with E-state index in [-0.39, 0.29) is 30.7 Å². The first-order chi connectivity index (χ1) is 11.2.